The predicted octanol–water partition coefficient (Wildman–Crippen LogP) is 2.28. The minimum absolute atomic E-state index is 0.156. The molecule has 0 aliphatic carbocycles. The summed E-state index contributed by atoms with van der Waals surface area (Å²) in [6, 6.07) is 4.93. The van der Waals surface area contributed by atoms with Gasteiger partial charge in [-0.15, -0.1) is 0 Å². The third kappa shape index (κ3) is 3.48. The monoisotopic (exact) mass is 334 g/mol. The van der Waals surface area contributed by atoms with Crippen molar-refractivity contribution in [2.75, 3.05) is 31.6 Å². The number of carbonyl (C=O) groups excluding carboxylic acids is 1. The van der Waals surface area contributed by atoms with Crippen LogP contribution < -0.4 is 5.32 Å². The normalized spacial score (nSPS) is 14.5. The Kier molecular flexibility index (Phi) is 4.66. The quantitative estimate of drug-likeness (QED) is 0.933. The van der Waals surface area contributed by atoms with Gasteiger partial charge in [0.1, 0.15) is 34.7 Å². The molecule has 3 rings (SSSR count). The molecule has 2 heterocycles. The highest BCUT2D eigenvalue weighted by atomic mass is 19.1. The molecule has 1 fully saturated rings. The van der Waals surface area contributed by atoms with Crippen molar-refractivity contribution >= 4 is 17.4 Å². The molecule has 126 valence electrons. The number of hydrogen-bond donors (Lipinski definition) is 1. The molecule has 24 heavy (non-hydrogen) atoms. The van der Waals surface area contributed by atoms with Crippen molar-refractivity contribution in [3.8, 4) is 0 Å². The molecule has 0 unspecified atom stereocenters. The first-order chi connectivity index (χ1) is 11.5. The van der Waals surface area contributed by atoms with Crippen LogP contribution in [0.3, 0.4) is 0 Å². The van der Waals surface area contributed by atoms with Gasteiger partial charge in [-0.25, -0.2) is 18.7 Å². The van der Waals surface area contributed by atoms with Gasteiger partial charge in [0.25, 0.3) is 5.91 Å². The molecule has 1 aromatic carbocycles. The molecule has 0 atom stereocenters. The Hall–Kier alpha value is -2.61. The Morgan fingerprint density at radius 1 is 1.21 bits per heavy atom. The van der Waals surface area contributed by atoms with Gasteiger partial charge >= 0.3 is 0 Å². The Morgan fingerprint density at radius 3 is 2.54 bits per heavy atom. The van der Waals surface area contributed by atoms with Crippen LogP contribution in [0.25, 0.3) is 0 Å². The van der Waals surface area contributed by atoms with Gasteiger partial charge in [0.05, 0.1) is 13.2 Å². The first kappa shape index (κ1) is 16.3. The molecule has 1 aromatic heterocycles. The van der Waals surface area contributed by atoms with Crippen molar-refractivity contribution in [3.05, 3.63) is 47.4 Å². The largest absolute Gasteiger partial charge is 0.378 e. The zero-order valence-corrected chi connectivity index (χ0v) is 13.1. The van der Waals surface area contributed by atoms with E-state index >= 15 is 0 Å². The number of halogens is 2. The number of aromatic nitrogens is 2. The van der Waals surface area contributed by atoms with E-state index in [0.29, 0.717) is 32.1 Å². The summed E-state index contributed by atoms with van der Waals surface area (Å²) in [6.45, 7) is 3.51. The Balaban J connectivity index is 1.87. The molecule has 6 nitrogen and oxygen atoms in total. The zero-order valence-electron chi connectivity index (χ0n) is 13.1. The number of benzene rings is 1. The molecule has 1 N–H and O–H groups in total. The van der Waals surface area contributed by atoms with E-state index in [4.69, 9.17) is 4.74 Å². The van der Waals surface area contributed by atoms with E-state index in [9.17, 15) is 13.6 Å². The summed E-state index contributed by atoms with van der Waals surface area (Å²) in [4.78, 5) is 22.3. The van der Waals surface area contributed by atoms with Crippen LogP contribution in [0, 0.1) is 18.6 Å². The van der Waals surface area contributed by atoms with Crippen molar-refractivity contribution in [3.63, 3.8) is 0 Å². The lowest BCUT2D eigenvalue weighted by Crippen LogP contribution is -2.41. The van der Waals surface area contributed by atoms with Crippen LogP contribution in [-0.2, 0) is 4.74 Å². The van der Waals surface area contributed by atoms with Gasteiger partial charge in [0, 0.05) is 19.2 Å². The highest BCUT2D eigenvalue weighted by molar-refractivity contribution is 5.93. The van der Waals surface area contributed by atoms with Gasteiger partial charge in [-0.3, -0.25) is 4.79 Å². The second-order valence-corrected chi connectivity index (χ2v) is 5.31. The number of amides is 1. The summed E-state index contributed by atoms with van der Waals surface area (Å²) in [5.41, 5.74) is -0.149. The van der Waals surface area contributed by atoms with Gasteiger partial charge < -0.3 is 15.0 Å². The fourth-order valence-electron chi connectivity index (χ4n) is 2.42. The van der Waals surface area contributed by atoms with Crippen LogP contribution >= 0.6 is 0 Å². The summed E-state index contributed by atoms with van der Waals surface area (Å²) in [5, 5.41) is 2.58. The lowest BCUT2D eigenvalue weighted by Gasteiger charge is -2.26. The molecule has 0 bridgehead atoms. The number of rotatable bonds is 3. The lowest BCUT2D eigenvalue weighted by atomic mass is 10.2. The minimum atomic E-state index is -0.743. The number of nitrogens with zero attached hydrogens (tertiary/aromatic N) is 3. The SMILES string of the molecule is Cc1nc(Nc2c(F)cccc2F)cc(C(=O)N2CCOCC2)n1. The number of morpholine rings is 1. The molecule has 2 aromatic rings. The average Bonchev–Trinajstić information content (AvgIpc) is 2.58. The van der Waals surface area contributed by atoms with Crippen molar-refractivity contribution in [1.29, 1.82) is 0 Å². The number of nitrogens with one attached hydrogen (secondary N) is 1. The highest BCUT2D eigenvalue weighted by Gasteiger charge is 2.21. The predicted molar refractivity (Wildman–Crippen MR) is 83.1 cm³/mol. The lowest BCUT2D eigenvalue weighted by molar-refractivity contribution is 0.0299. The molecular formula is C16H16F2N4O2. The molecule has 0 radical (unpaired) electrons. The molecule has 1 saturated heterocycles. The number of carbonyl (C=O) groups is 1. The zero-order chi connectivity index (χ0) is 17.1. The fraction of sp³-hybridized carbons (Fsp3) is 0.312. The van der Waals surface area contributed by atoms with Crippen LogP contribution in [0.2, 0.25) is 0 Å². The van der Waals surface area contributed by atoms with Gasteiger partial charge in [-0.1, -0.05) is 6.07 Å². The minimum Gasteiger partial charge on any atom is -0.378 e. The molecule has 0 spiro atoms. The molecule has 1 amide bonds. The van der Waals surface area contributed by atoms with Crippen LogP contribution in [0.15, 0.2) is 24.3 Å². The summed E-state index contributed by atoms with van der Waals surface area (Å²) >= 11 is 0. The number of para-hydroxylation sites is 1. The van der Waals surface area contributed by atoms with E-state index < -0.39 is 11.6 Å². The van der Waals surface area contributed by atoms with Crippen LogP contribution in [-0.4, -0.2) is 47.1 Å². The molecule has 1 aliphatic rings. The van der Waals surface area contributed by atoms with E-state index in [2.05, 4.69) is 15.3 Å². The first-order valence-electron chi connectivity index (χ1n) is 7.48. The molecule has 0 saturated carbocycles. The maximum absolute atomic E-state index is 13.8. The van der Waals surface area contributed by atoms with Crippen LogP contribution in [0.4, 0.5) is 20.3 Å². The van der Waals surface area contributed by atoms with E-state index in [1.54, 1.807) is 11.8 Å². The summed E-state index contributed by atoms with van der Waals surface area (Å²) in [5.74, 6) is -1.27. The smallest absolute Gasteiger partial charge is 0.272 e. The van der Waals surface area contributed by atoms with Gasteiger partial charge in [-0.05, 0) is 19.1 Å². The number of anilines is 2. The summed E-state index contributed by atoms with van der Waals surface area (Å²) < 4.78 is 32.7. The van der Waals surface area contributed by atoms with Crippen LogP contribution in [0.5, 0.6) is 0 Å². The maximum Gasteiger partial charge on any atom is 0.272 e. The second-order valence-electron chi connectivity index (χ2n) is 5.31. The van der Waals surface area contributed by atoms with Crippen molar-refractivity contribution in [2.24, 2.45) is 0 Å². The van der Waals surface area contributed by atoms with Crippen LogP contribution in [0.1, 0.15) is 16.3 Å². The molecule has 8 heteroatoms. The van der Waals surface area contributed by atoms with Crippen molar-refractivity contribution < 1.29 is 18.3 Å². The summed E-state index contributed by atoms with van der Waals surface area (Å²) in [7, 11) is 0. The second kappa shape index (κ2) is 6.88. The van der Waals surface area contributed by atoms with Gasteiger partial charge in [0.15, 0.2) is 0 Å². The van der Waals surface area contributed by atoms with E-state index in [0.717, 1.165) is 12.1 Å². The third-order valence-electron chi connectivity index (χ3n) is 3.57. The first-order valence-corrected chi connectivity index (χ1v) is 7.48. The highest BCUT2D eigenvalue weighted by Crippen LogP contribution is 2.22. The third-order valence-corrected chi connectivity index (χ3v) is 3.57. The molecular weight excluding hydrogens is 318 g/mol. The van der Waals surface area contributed by atoms with Gasteiger partial charge in [0.2, 0.25) is 0 Å². The van der Waals surface area contributed by atoms with E-state index in [-0.39, 0.29) is 23.1 Å². The van der Waals surface area contributed by atoms with E-state index in [1.165, 1.54) is 12.1 Å². The molecule has 1 aliphatic heterocycles. The number of ether oxygens (including phenoxy) is 1. The average molecular weight is 334 g/mol. The van der Waals surface area contributed by atoms with Crippen molar-refractivity contribution in [2.45, 2.75) is 6.92 Å². The number of aryl methyl sites for hydroxylation is 1. The Morgan fingerprint density at radius 2 is 1.88 bits per heavy atom. The fourth-order valence-corrected chi connectivity index (χ4v) is 2.42. The number of hydrogen-bond acceptors (Lipinski definition) is 5. The Labute approximate surface area is 137 Å². The maximum atomic E-state index is 13.8. The van der Waals surface area contributed by atoms with E-state index in [1.807, 2.05) is 0 Å². The van der Waals surface area contributed by atoms with Crippen molar-refractivity contribution in [1.82, 2.24) is 14.9 Å². The Bertz CT molecular complexity index is 743. The standard InChI is InChI=1S/C16H16F2N4O2/c1-10-19-13(16(23)22-5-7-24-8-6-22)9-14(20-10)21-15-11(17)3-2-4-12(15)18/h2-4,9H,5-8H2,1H3,(H,19,20,21). The van der Waals surface area contributed by atoms with Gasteiger partial charge in [-0.2, -0.15) is 0 Å². The topological polar surface area (TPSA) is 67.4 Å². The summed E-state index contributed by atoms with van der Waals surface area (Å²) in [6.07, 6.45) is 0.